The molecule has 1 heteroatoms. The van der Waals surface area contributed by atoms with Gasteiger partial charge in [-0.1, -0.05) is 64.7 Å². The third kappa shape index (κ3) is 7.27. The first-order valence-electron chi connectivity index (χ1n) is 7.43. The number of piperidine rings is 1. The molecule has 0 aromatic heterocycles. The zero-order valence-corrected chi connectivity index (χ0v) is 11.0. The van der Waals surface area contributed by atoms with Crippen molar-refractivity contribution in [3.8, 4) is 0 Å². The van der Waals surface area contributed by atoms with Crippen LogP contribution in [0.25, 0.3) is 0 Å². The molecule has 0 spiro atoms. The van der Waals surface area contributed by atoms with Crippen LogP contribution < -0.4 is 5.32 Å². The smallest absolute Gasteiger partial charge is 0.00463 e. The lowest BCUT2D eigenvalue weighted by molar-refractivity contribution is 0.342. The SMILES string of the molecule is [CH2]CCCCCCCCCC1CCNCC1. The van der Waals surface area contributed by atoms with Crippen LogP contribution in [0.15, 0.2) is 0 Å². The Balaban J connectivity index is 1.77. The molecule has 0 saturated carbocycles. The minimum atomic E-state index is 1.03. The molecule has 1 radical (unpaired) electrons. The highest BCUT2D eigenvalue weighted by Gasteiger charge is 2.11. The van der Waals surface area contributed by atoms with E-state index in [9.17, 15) is 0 Å². The van der Waals surface area contributed by atoms with E-state index in [4.69, 9.17) is 0 Å². The molecule has 1 nitrogen and oxygen atoms in total. The average Bonchev–Trinajstić information content (AvgIpc) is 2.34. The van der Waals surface area contributed by atoms with Gasteiger partial charge in [0.1, 0.15) is 0 Å². The highest BCUT2D eigenvalue weighted by Crippen LogP contribution is 2.19. The van der Waals surface area contributed by atoms with Crippen molar-refractivity contribution in [3.05, 3.63) is 6.92 Å². The molecule has 1 heterocycles. The quantitative estimate of drug-likeness (QED) is 0.575. The Morgan fingerprint density at radius 1 is 0.812 bits per heavy atom. The first-order chi connectivity index (χ1) is 7.93. The van der Waals surface area contributed by atoms with Crippen LogP contribution in [0.5, 0.6) is 0 Å². The summed E-state index contributed by atoms with van der Waals surface area (Å²) in [6, 6.07) is 0. The van der Waals surface area contributed by atoms with E-state index in [-0.39, 0.29) is 0 Å². The minimum absolute atomic E-state index is 1.03. The summed E-state index contributed by atoms with van der Waals surface area (Å²) in [5.74, 6) is 1.03. The van der Waals surface area contributed by atoms with Gasteiger partial charge in [0.2, 0.25) is 0 Å². The lowest BCUT2D eigenvalue weighted by Crippen LogP contribution is -2.27. The summed E-state index contributed by atoms with van der Waals surface area (Å²) in [7, 11) is 0. The van der Waals surface area contributed by atoms with Crippen LogP contribution in [0.2, 0.25) is 0 Å². The molecule has 0 amide bonds. The number of hydrogen-bond donors (Lipinski definition) is 1. The van der Waals surface area contributed by atoms with Gasteiger partial charge in [0.05, 0.1) is 0 Å². The second-order valence-electron chi connectivity index (χ2n) is 5.31. The average molecular weight is 224 g/mol. The van der Waals surface area contributed by atoms with Crippen LogP contribution in [0, 0.1) is 12.8 Å². The zero-order chi connectivity index (χ0) is 11.5. The van der Waals surface area contributed by atoms with E-state index < -0.39 is 0 Å². The van der Waals surface area contributed by atoms with Gasteiger partial charge in [0.25, 0.3) is 0 Å². The fourth-order valence-electron chi connectivity index (χ4n) is 2.66. The van der Waals surface area contributed by atoms with E-state index >= 15 is 0 Å². The van der Waals surface area contributed by atoms with E-state index in [1.807, 2.05) is 0 Å². The fourth-order valence-corrected chi connectivity index (χ4v) is 2.66. The normalized spacial score (nSPS) is 17.8. The highest BCUT2D eigenvalue weighted by atomic mass is 14.9. The molecule has 0 aliphatic carbocycles. The van der Waals surface area contributed by atoms with Crippen molar-refractivity contribution in [2.45, 2.75) is 70.6 Å². The third-order valence-electron chi connectivity index (χ3n) is 3.82. The number of nitrogens with one attached hydrogen (secondary N) is 1. The monoisotopic (exact) mass is 224 g/mol. The van der Waals surface area contributed by atoms with E-state index in [1.54, 1.807) is 0 Å². The van der Waals surface area contributed by atoms with E-state index in [0.29, 0.717) is 0 Å². The van der Waals surface area contributed by atoms with E-state index in [0.717, 1.165) is 12.3 Å². The maximum absolute atomic E-state index is 3.88. The van der Waals surface area contributed by atoms with Gasteiger partial charge in [0, 0.05) is 0 Å². The first-order valence-corrected chi connectivity index (χ1v) is 7.43. The molecule has 1 saturated heterocycles. The van der Waals surface area contributed by atoms with Crippen molar-refractivity contribution in [1.82, 2.24) is 5.32 Å². The summed E-state index contributed by atoms with van der Waals surface area (Å²) in [6.45, 7) is 6.40. The summed E-state index contributed by atoms with van der Waals surface area (Å²) in [6.07, 6.45) is 15.5. The zero-order valence-electron chi connectivity index (χ0n) is 11.0. The van der Waals surface area contributed by atoms with Crippen LogP contribution in [0.1, 0.15) is 70.6 Å². The summed E-state index contributed by atoms with van der Waals surface area (Å²) >= 11 is 0. The topological polar surface area (TPSA) is 12.0 Å². The fraction of sp³-hybridized carbons (Fsp3) is 0.933. The molecule has 1 fully saturated rings. The molecule has 0 unspecified atom stereocenters. The van der Waals surface area contributed by atoms with Gasteiger partial charge in [-0.05, 0) is 31.8 Å². The van der Waals surface area contributed by atoms with E-state index in [1.165, 1.54) is 77.3 Å². The van der Waals surface area contributed by atoms with Gasteiger partial charge < -0.3 is 5.32 Å². The molecule has 95 valence electrons. The second-order valence-corrected chi connectivity index (χ2v) is 5.31. The molecular weight excluding hydrogens is 194 g/mol. The number of hydrogen-bond acceptors (Lipinski definition) is 1. The lowest BCUT2D eigenvalue weighted by Gasteiger charge is -2.22. The van der Waals surface area contributed by atoms with Gasteiger partial charge in [-0.3, -0.25) is 0 Å². The second kappa shape index (κ2) is 10.1. The third-order valence-corrected chi connectivity index (χ3v) is 3.82. The summed E-state index contributed by atoms with van der Waals surface area (Å²) < 4.78 is 0. The molecule has 0 bridgehead atoms. The Morgan fingerprint density at radius 3 is 2.00 bits per heavy atom. The van der Waals surface area contributed by atoms with Crippen LogP contribution in [-0.4, -0.2) is 13.1 Å². The molecule has 1 rings (SSSR count). The van der Waals surface area contributed by atoms with Crippen LogP contribution in [0.4, 0.5) is 0 Å². The summed E-state index contributed by atoms with van der Waals surface area (Å²) in [5.41, 5.74) is 0. The van der Waals surface area contributed by atoms with Crippen molar-refractivity contribution < 1.29 is 0 Å². The largest absolute Gasteiger partial charge is 0.317 e. The molecule has 1 N–H and O–H groups in total. The maximum atomic E-state index is 3.88. The summed E-state index contributed by atoms with van der Waals surface area (Å²) in [4.78, 5) is 0. The standard InChI is InChI=1S/C15H30N/c1-2-3-4-5-6-7-8-9-10-15-11-13-16-14-12-15/h15-16H,1-14H2. The summed E-state index contributed by atoms with van der Waals surface area (Å²) in [5, 5.41) is 3.44. The molecule has 0 atom stereocenters. The van der Waals surface area contributed by atoms with Crippen LogP contribution in [0.3, 0.4) is 0 Å². The van der Waals surface area contributed by atoms with Crippen LogP contribution >= 0.6 is 0 Å². The Morgan fingerprint density at radius 2 is 1.38 bits per heavy atom. The first kappa shape index (κ1) is 14.0. The van der Waals surface area contributed by atoms with Gasteiger partial charge in [-0.15, -0.1) is 0 Å². The predicted molar refractivity (Wildman–Crippen MR) is 72.5 cm³/mol. The van der Waals surface area contributed by atoms with Crippen LogP contribution in [-0.2, 0) is 0 Å². The van der Waals surface area contributed by atoms with Crippen molar-refractivity contribution in [3.63, 3.8) is 0 Å². The van der Waals surface area contributed by atoms with Gasteiger partial charge in [0.15, 0.2) is 0 Å². The Bertz CT molecular complexity index is 138. The Kier molecular flexibility index (Phi) is 8.88. The molecule has 0 aromatic carbocycles. The Hall–Kier alpha value is -0.0400. The van der Waals surface area contributed by atoms with Crippen molar-refractivity contribution in [1.29, 1.82) is 0 Å². The lowest BCUT2D eigenvalue weighted by atomic mass is 9.92. The van der Waals surface area contributed by atoms with Crippen molar-refractivity contribution >= 4 is 0 Å². The molecule has 1 aliphatic rings. The number of rotatable bonds is 9. The maximum Gasteiger partial charge on any atom is -0.00463 e. The molecule has 1 aliphatic heterocycles. The van der Waals surface area contributed by atoms with Crippen molar-refractivity contribution in [2.24, 2.45) is 5.92 Å². The molecule has 0 aromatic rings. The van der Waals surface area contributed by atoms with Gasteiger partial charge >= 0.3 is 0 Å². The Labute approximate surface area is 102 Å². The van der Waals surface area contributed by atoms with Gasteiger partial charge in [-0.25, -0.2) is 0 Å². The molecule has 16 heavy (non-hydrogen) atoms. The molecular formula is C15H30N. The van der Waals surface area contributed by atoms with Crippen molar-refractivity contribution in [2.75, 3.05) is 13.1 Å². The van der Waals surface area contributed by atoms with Gasteiger partial charge in [-0.2, -0.15) is 0 Å². The van der Waals surface area contributed by atoms with E-state index in [2.05, 4.69) is 12.2 Å². The predicted octanol–water partition coefficient (Wildman–Crippen LogP) is 4.33. The minimum Gasteiger partial charge on any atom is -0.317 e. The highest BCUT2D eigenvalue weighted by molar-refractivity contribution is 4.68. The number of unbranched alkanes of at least 4 members (excludes halogenated alkanes) is 7.